The number of piperidine rings is 1. The van der Waals surface area contributed by atoms with Gasteiger partial charge in [-0.1, -0.05) is 12.1 Å². The minimum atomic E-state index is -1.12. The third-order valence-electron chi connectivity index (χ3n) is 4.40. The summed E-state index contributed by atoms with van der Waals surface area (Å²) in [5, 5.41) is 9.39. The molecule has 26 heavy (non-hydrogen) atoms. The third-order valence-corrected chi connectivity index (χ3v) is 4.40. The Morgan fingerprint density at radius 1 is 1.46 bits per heavy atom. The molecular formula is C18H22N4O4. The van der Waals surface area contributed by atoms with Gasteiger partial charge in [-0.15, -0.1) is 0 Å². The average molecular weight is 358 g/mol. The van der Waals surface area contributed by atoms with Crippen molar-refractivity contribution in [2.75, 3.05) is 6.54 Å². The van der Waals surface area contributed by atoms with Crippen molar-refractivity contribution in [1.82, 2.24) is 14.9 Å². The van der Waals surface area contributed by atoms with Crippen LogP contribution in [0.1, 0.15) is 39.4 Å². The molecule has 1 aliphatic rings. The number of benzene rings is 1. The number of ether oxygens (including phenoxy) is 1. The minimum absolute atomic E-state index is 0.179. The Labute approximate surface area is 150 Å². The molecule has 2 unspecified atom stereocenters. The molecule has 2 atom stereocenters. The highest BCUT2D eigenvalue weighted by Gasteiger charge is 2.48. The van der Waals surface area contributed by atoms with Crippen LogP contribution in [0.15, 0.2) is 29.3 Å². The van der Waals surface area contributed by atoms with Crippen LogP contribution >= 0.6 is 0 Å². The number of rotatable bonds is 3. The lowest BCUT2D eigenvalue weighted by Gasteiger charge is -2.45. The van der Waals surface area contributed by atoms with Gasteiger partial charge in [-0.05, 0) is 32.9 Å². The highest BCUT2D eigenvalue weighted by atomic mass is 16.5. The second kappa shape index (κ2) is 6.55. The molecule has 0 radical (unpaired) electrons. The number of para-hydroxylation sites is 2. The fourth-order valence-electron chi connectivity index (χ4n) is 3.47. The van der Waals surface area contributed by atoms with Gasteiger partial charge >= 0.3 is 6.09 Å². The van der Waals surface area contributed by atoms with Crippen molar-refractivity contribution in [1.29, 1.82) is 0 Å². The number of carboxylic acid groups (broad SMARTS) is 1. The zero-order chi connectivity index (χ0) is 18.9. The number of nitrogens with zero attached hydrogens (tertiary/aromatic N) is 3. The summed E-state index contributed by atoms with van der Waals surface area (Å²) in [6.45, 7) is 5.97. The topological polar surface area (TPSA) is 108 Å². The number of carbonyl (C=O) groups excluding carboxylic acids is 1. The quantitative estimate of drug-likeness (QED) is 0.648. The third kappa shape index (κ3) is 3.47. The fraction of sp³-hybridized carbons (Fsp3) is 0.500. The molecule has 138 valence electrons. The van der Waals surface area contributed by atoms with E-state index >= 15 is 0 Å². The van der Waals surface area contributed by atoms with E-state index in [1.165, 1.54) is 6.08 Å². The predicted octanol–water partition coefficient (Wildman–Crippen LogP) is 3.01. The van der Waals surface area contributed by atoms with Gasteiger partial charge in [0.1, 0.15) is 17.6 Å². The highest BCUT2D eigenvalue weighted by Crippen LogP contribution is 2.42. The molecule has 0 bridgehead atoms. The molecule has 0 spiro atoms. The standard InChI is InChI=1S/C18H22N4O4/c1-17(2,3)26-18(15-20-12-6-4-5-7-13(12)21-15)8-9-22(16(24)25)14(10-18)19-11-23/h4-7,14H,8-10H2,1-3H3,(H,20,21)(H,24,25). The Hall–Kier alpha value is -2.70. The van der Waals surface area contributed by atoms with Crippen molar-refractivity contribution in [3.63, 3.8) is 0 Å². The Bertz CT molecular complexity index is 832. The number of amides is 1. The molecule has 0 saturated carbocycles. The summed E-state index contributed by atoms with van der Waals surface area (Å²) < 4.78 is 6.38. The van der Waals surface area contributed by atoms with Crippen LogP contribution in [0.2, 0.25) is 0 Å². The van der Waals surface area contributed by atoms with Crippen molar-refractivity contribution in [2.24, 2.45) is 4.99 Å². The summed E-state index contributed by atoms with van der Waals surface area (Å²) in [4.78, 5) is 35.1. The molecule has 1 saturated heterocycles. The number of H-pyrrole nitrogens is 1. The van der Waals surface area contributed by atoms with E-state index in [4.69, 9.17) is 4.74 Å². The second-order valence-corrected chi connectivity index (χ2v) is 7.44. The first kappa shape index (κ1) is 18.1. The zero-order valence-electron chi connectivity index (χ0n) is 15.0. The number of likely N-dealkylation sites (tertiary alicyclic amines) is 1. The number of aromatic nitrogens is 2. The predicted molar refractivity (Wildman–Crippen MR) is 94.5 cm³/mol. The molecular weight excluding hydrogens is 336 g/mol. The molecule has 2 aromatic rings. The van der Waals surface area contributed by atoms with Crippen molar-refractivity contribution in [2.45, 2.75) is 51.0 Å². The molecule has 0 aliphatic carbocycles. The molecule has 1 aromatic heterocycles. The Morgan fingerprint density at radius 3 is 2.81 bits per heavy atom. The van der Waals surface area contributed by atoms with E-state index in [9.17, 15) is 14.7 Å². The van der Waals surface area contributed by atoms with E-state index in [0.717, 1.165) is 15.9 Å². The van der Waals surface area contributed by atoms with Crippen LogP contribution in [0, 0.1) is 0 Å². The van der Waals surface area contributed by atoms with Crippen LogP contribution in [-0.2, 0) is 15.1 Å². The molecule has 3 rings (SSSR count). The van der Waals surface area contributed by atoms with E-state index in [2.05, 4.69) is 15.0 Å². The maximum absolute atomic E-state index is 11.5. The van der Waals surface area contributed by atoms with Crippen LogP contribution in [0.3, 0.4) is 0 Å². The van der Waals surface area contributed by atoms with E-state index in [1.54, 1.807) is 0 Å². The first-order chi connectivity index (χ1) is 12.2. The van der Waals surface area contributed by atoms with E-state index in [0.29, 0.717) is 12.2 Å². The van der Waals surface area contributed by atoms with Gasteiger partial charge in [0, 0.05) is 19.4 Å². The van der Waals surface area contributed by atoms with E-state index < -0.39 is 23.5 Å². The van der Waals surface area contributed by atoms with Crippen LogP contribution in [0.5, 0.6) is 0 Å². The number of aromatic amines is 1. The number of nitrogens with one attached hydrogen (secondary N) is 1. The zero-order valence-corrected chi connectivity index (χ0v) is 15.0. The lowest BCUT2D eigenvalue weighted by atomic mass is 9.87. The number of isocyanates is 1. The maximum atomic E-state index is 11.5. The molecule has 8 heteroatoms. The molecule has 1 amide bonds. The van der Waals surface area contributed by atoms with Gasteiger partial charge < -0.3 is 14.8 Å². The number of hydrogen-bond acceptors (Lipinski definition) is 5. The number of fused-ring (bicyclic) bond motifs is 1. The Balaban J connectivity index is 2.07. The fourth-order valence-corrected chi connectivity index (χ4v) is 3.47. The smallest absolute Gasteiger partial charge is 0.409 e. The van der Waals surface area contributed by atoms with Crippen molar-refractivity contribution < 1.29 is 19.4 Å². The molecule has 2 N–H and O–H groups in total. The number of carbonyl (C=O) groups is 1. The number of hydrogen-bond donors (Lipinski definition) is 2. The van der Waals surface area contributed by atoms with Crippen LogP contribution in [0.4, 0.5) is 4.79 Å². The minimum Gasteiger partial charge on any atom is -0.465 e. The summed E-state index contributed by atoms with van der Waals surface area (Å²) in [5.41, 5.74) is 0.291. The number of imidazole rings is 1. The van der Waals surface area contributed by atoms with Crippen LogP contribution in [0.25, 0.3) is 11.0 Å². The molecule has 1 fully saturated rings. The second-order valence-electron chi connectivity index (χ2n) is 7.44. The van der Waals surface area contributed by atoms with Crippen molar-refractivity contribution >= 4 is 23.2 Å². The van der Waals surface area contributed by atoms with Gasteiger partial charge in [0.2, 0.25) is 6.08 Å². The largest absolute Gasteiger partial charge is 0.465 e. The first-order valence-corrected chi connectivity index (χ1v) is 8.46. The van der Waals surface area contributed by atoms with Gasteiger partial charge in [0.25, 0.3) is 0 Å². The van der Waals surface area contributed by atoms with Gasteiger partial charge in [-0.2, -0.15) is 4.99 Å². The van der Waals surface area contributed by atoms with Crippen molar-refractivity contribution in [3.8, 4) is 0 Å². The van der Waals surface area contributed by atoms with Crippen LogP contribution in [-0.4, -0.2) is 50.5 Å². The maximum Gasteiger partial charge on any atom is 0.409 e. The normalized spacial score (nSPS) is 23.7. The SMILES string of the molecule is CC(C)(C)OC1(c2nc3ccccc3[nH]2)CCN(C(=O)O)C(N=C=O)C1. The molecule has 8 nitrogen and oxygen atoms in total. The highest BCUT2D eigenvalue weighted by molar-refractivity contribution is 5.75. The van der Waals surface area contributed by atoms with Gasteiger partial charge in [0.15, 0.2) is 0 Å². The lowest BCUT2D eigenvalue weighted by molar-refractivity contribution is -0.171. The van der Waals surface area contributed by atoms with Gasteiger partial charge in [-0.3, -0.25) is 4.90 Å². The van der Waals surface area contributed by atoms with Gasteiger partial charge in [-0.25, -0.2) is 14.6 Å². The number of aliphatic imine (C=N–C) groups is 1. The average Bonchev–Trinajstić information content (AvgIpc) is 2.98. The molecule has 1 aromatic carbocycles. The first-order valence-electron chi connectivity index (χ1n) is 8.46. The summed E-state index contributed by atoms with van der Waals surface area (Å²) in [6.07, 6.45) is 0.0863. The summed E-state index contributed by atoms with van der Waals surface area (Å²) in [6, 6.07) is 7.63. The molecule has 1 aliphatic heterocycles. The summed E-state index contributed by atoms with van der Waals surface area (Å²) in [5.74, 6) is 0.616. The van der Waals surface area contributed by atoms with Crippen molar-refractivity contribution in [3.05, 3.63) is 30.1 Å². The van der Waals surface area contributed by atoms with Crippen LogP contribution < -0.4 is 0 Å². The Morgan fingerprint density at radius 2 is 2.19 bits per heavy atom. The van der Waals surface area contributed by atoms with E-state index in [1.807, 2.05) is 45.0 Å². The summed E-state index contributed by atoms with van der Waals surface area (Å²) in [7, 11) is 0. The van der Waals surface area contributed by atoms with Gasteiger partial charge in [0.05, 0.1) is 16.6 Å². The lowest BCUT2D eigenvalue weighted by Crippen LogP contribution is -2.53. The monoisotopic (exact) mass is 358 g/mol. The molecule has 2 heterocycles. The Kier molecular flexibility index (Phi) is 4.56. The van der Waals surface area contributed by atoms with E-state index in [-0.39, 0.29) is 13.0 Å². The summed E-state index contributed by atoms with van der Waals surface area (Å²) >= 11 is 0.